The maximum absolute atomic E-state index is 11.7. The quantitative estimate of drug-likeness (QED) is 0.670. The molecule has 0 bridgehead atoms. The van der Waals surface area contributed by atoms with Crippen molar-refractivity contribution in [2.45, 2.75) is 32.6 Å². The zero-order chi connectivity index (χ0) is 14.1. The topological polar surface area (TPSA) is 67.0 Å². The van der Waals surface area contributed by atoms with Gasteiger partial charge in [-0.3, -0.25) is 9.89 Å². The van der Waals surface area contributed by atoms with Gasteiger partial charge in [0.1, 0.15) is 6.61 Å². The minimum atomic E-state index is -2.48. The van der Waals surface area contributed by atoms with E-state index in [0.717, 1.165) is 24.1 Å². The lowest BCUT2D eigenvalue weighted by Gasteiger charge is -2.05. The van der Waals surface area contributed by atoms with Crippen LogP contribution in [0.1, 0.15) is 24.1 Å². The first-order valence-corrected chi connectivity index (χ1v) is 6.21. The van der Waals surface area contributed by atoms with Gasteiger partial charge in [0, 0.05) is 18.7 Å². The maximum atomic E-state index is 11.7. The van der Waals surface area contributed by atoms with Crippen molar-refractivity contribution in [2.24, 2.45) is 0 Å². The van der Waals surface area contributed by atoms with Gasteiger partial charge in [0.05, 0.1) is 12.8 Å². The van der Waals surface area contributed by atoms with Crippen molar-refractivity contribution < 1.29 is 18.3 Å². The molecular formula is C12H19F2N3O2. The molecule has 0 saturated carbocycles. The smallest absolute Gasteiger partial charge is 0.261 e. The molecule has 0 saturated heterocycles. The molecule has 0 atom stereocenters. The van der Waals surface area contributed by atoms with Gasteiger partial charge in [-0.15, -0.1) is 0 Å². The third kappa shape index (κ3) is 6.85. The third-order valence-electron chi connectivity index (χ3n) is 2.60. The molecule has 108 valence electrons. The van der Waals surface area contributed by atoms with Crippen molar-refractivity contribution in [3.05, 3.63) is 17.5 Å². The van der Waals surface area contributed by atoms with E-state index in [1.54, 1.807) is 6.20 Å². The van der Waals surface area contributed by atoms with E-state index in [2.05, 4.69) is 20.3 Å². The van der Waals surface area contributed by atoms with Crippen molar-refractivity contribution >= 4 is 5.91 Å². The number of amides is 1. The maximum Gasteiger partial charge on any atom is 0.261 e. The Morgan fingerprint density at radius 3 is 3.00 bits per heavy atom. The lowest BCUT2D eigenvalue weighted by molar-refractivity contribution is -0.122. The summed E-state index contributed by atoms with van der Waals surface area (Å²) in [6.45, 7) is 1.91. The molecule has 0 aliphatic carbocycles. The summed E-state index contributed by atoms with van der Waals surface area (Å²) in [4.78, 5) is 11.3. The van der Waals surface area contributed by atoms with Crippen LogP contribution >= 0.6 is 0 Å². The molecule has 19 heavy (non-hydrogen) atoms. The number of carbonyl (C=O) groups is 1. The molecule has 1 rings (SSSR count). The van der Waals surface area contributed by atoms with E-state index in [9.17, 15) is 13.6 Å². The van der Waals surface area contributed by atoms with Crippen molar-refractivity contribution in [2.75, 3.05) is 19.8 Å². The van der Waals surface area contributed by atoms with Gasteiger partial charge in [0.15, 0.2) is 0 Å². The van der Waals surface area contributed by atoms with E-state index in [1.807, 2.05) is 6.92 Å². The monoisotopic (exact) mass is 275 g/mol. The fourth-order valence-electron chi connectivity index (χ4n) is 1.56. The molecule has 0 spiro atoms. The molecule has 5 nitrogen and oxygen atoms in total. The van der Waals surface area contributed by atoms with Gasteiger partial charge in [-0.2, -0.15) is 5.10 Å². The largest absolute Gasteiger partial charge is 0.375 e. The van der Waals surface area contributed by atoms with Gasteiger partial charge in [-0.05, 0) is 25.3 Å². The highest BCUT2D eigenvalue weighted by Gasteiger charge is 2.05. The van der Waals surface area contributed by atoms with Crippen LogP contribution in [0.25, 0.3) is 0 Å². The SMILES string of the molecule is Cc1[nH]ncc1CCCNC(=O)CCOCC(F)F. The minimum absolute atomic E-state index is 0.0248. The second-order valence-electron chi connectivity index (χ2n) is 4.19. The zero-order valence-electron chi connectivity index (χ0n) is 10.9. The Hall–Kier alpha value is -1.50. The number of nitrogens with zero attached hydrogens (tertiary/aromatic N) is 1. The highest BCUT2D eigenvalue weighted by atomic mass is 19.3. The first-order valence-electron chi connectivity index (χ1n) is 6.21. The van der Waals surface area contributed by atoms with Crippen molar-refractivity contribution in [3.63, 3.8) is 0 Å². The molecule has 1 amide bonds. The molecule has 1 aromatic heterocycles. The third-order valence-corrected chi connectivity index (χ3v) is 2.60. The lowest BCUT2D eigenvalue weighted by atomic mass is 10.1. The summed E-state index contributed by atoms with van der Waals surface area (Å²) in [5, 5.41) is 9.47. The lowest BCUT2D eigenvalue weighted by Crippen LogP contribution is -2.26. The molecule has 7 heteroatoms. The Morgan fingerprint density at radius 1 is 1.58 bits per heavy atom. The number of hydrogen-bond acceptors (Lipinski definition) is 3. The van der Waals surface area contributed by atoms with Crippen LogP contribution in [-0.4, -0.2) is 42.3 Å². The van der Waals surface area contributed by atoms with Crippen LogP contribution in [0, 0.1) is 6.92 Å². The van der Waals surface area contributed by atoms with Crippen LogP contribution in [0.3, 0.4) is 0 Å². The summed E-state index contributed by atoms with van der Waals surface area (Å²) in [7, 11) is 0. The van der Waals surface area contributed by atoms with Crippen LogP contribution in [0.15, 0.2) is 6.20 Å². The standard InChI is InChI=1S/C12H19F2N3O2/c1-9-10(7-16-17-9)3-2-5-15-12(18)4-6-19-8-11(13)14/h7,11H,2-6,8H2,1H3,(H,15,18)(H,16,17). The Bertz CT molecular complexity index is 383. The van der Waals surface area contributed by atoms with Gasteiger partial charge in [-0.1, -0.05) is 0 Å². The number of nitrogens with one attached hydrogen (secondary N) is 2. The molecule has 0 radical (unpaired) electrons. The summed E-state index contributed by atoms with van der Waals surface area (Å²) in [6, 6.07) is 0. The van der Waals surface area contributed by atoms with E-state index < -0.39 is 13.0 Å². The number of aryl methyl sites for hydroxylation is 2. The van der Waals surface area contributed by atoms with Crippen LogP contribution in [0.5, 0.6) is 0 Å². The van der Waals surface area contributed by atoms with Crippen LogP contribution < -0.4 is 5.32 Å². The van der Waals surface area contributed by atoms with E-state index >= 15 is 0 Å². The van der Waals surface area contributed by atoms with Gasteiger partial charge in [0.25, 0.3) is 6.43 Å². The Balaban J connectivity index is 2.00. The van der Waals surface area contributed by atoms with Gasteiger partial charge < -0.3 is 10.1 Å². The second-order valence-corrected chi connectivity index (χ2v) is 4.19. The molecular weight excluding hydrogens is 256 g/mol. The highest BCUT2D eigenvalue weighted by molar-refractivity contribution is 5.75. The van der Waals surface area contributed by atoms with E-state index in [0.29, 0.717) is 6.54 Å². The summed E-state index contributed by atoms with van der Waals surface area (Å²) in [6.07, 6.45) is 1.04. The Morgan fingerprint density at radius 2 is 2.37 bits per heavy atom. The summed E-state index contributed by atoms with van der Waals surface area (Å²) in [5.74, 6) is -0.182. The number of alkyl halides is 2. The van der Waals surface area contributed by atoms with Crippen molar-refractivity contribution in [1.29, 1.82) is 0 Å². The molecule has 2 N–H and O–H groups in total. The molecule has 0 unspecified atom stereocenters. The zero-order valence-corrected chi connectivity index (χ0v) is 10.9. The second kappa shape index (κ2) is 8.58. The minimum Gasteiger partial charge on any atom is -0.375 e. The number of ether oxygens (including phenoxy) is 1. The number of halogens is 2. The Labute approximate surface area is 110 Å². The molecule has 0 aliphatic rings. The number of carbonyl (C=O) groups excluding carboxylic acids is 1. The molecule has 0 aliphatic heterocycles. The predicted octanol–water partition coefficient (Wildman–Crippen LogP) is 1.44. The predicted molar refractivity (Wildman–Crippen MR) is 66.1 cm³/mol. The summed E-state index contributed by atoms with van der Waals surface area (Å²) in [5.41, 5.74) is 2.17. The number of H-pyrrole nitrogens is 1. The van der Waals surface area contributed by atoms with Crippen LogP contribution in [0.2, 0.25) is 0 Å². The number of rotatable bonds is 9. The highest BCUT2D eigenvalue weighted by Crippen LogP contribution is 2.04. The number of aromatic amines is 1. The fourth-order valence-corrected chi connectivity index (χ4v) is 1.56. The van der Waals surface area contributed by atoms with Gasteiger partial charge in [-0.25, -0.2) is 8.78 Å². The summed E-state index contributed by atoms with van der Waals surface area (Å²) >= 11 is 0. The van der Waals surface area contributed by atoms with E-state index in [1.165, 1.54) is 0 Å². The molecule has 0 fully saturated rings. The molecule has 0 aromatic carbocycles. The van der Waals surface area contributed by atoms with E-state index in [-0.39, 0.29) is 18.9 Å². The number of hydrogen-bond donors (Lipinski definition) is 2. The number of aromatic nitrogens is 2. The van der Waals surface area contributed by atoms with Gasteiger partial charge >= 0.3 is 0 Å². The first-order chi connectivity index (χ1) is 9.09. The normalized spacial score (nSPS) is 10.9. The van der Waals surface area contributed by atoms with Crippen molar-refractivity contribution in [1.82, 2.24) is 15.5 Å². The van der Waals surface area contributed by atoms with Crippen molar-refractivity contribution in [3.8, 4) is 0 Å². The Kier molecular flexibility index (Phi) is 7.02. The molecule has 1 aromatic rings. The molecule has 1 heterocycles. The van der Waals surface area contributed by atoms with Crippen LogP contribution in [0.4, 0.5) is 8.78 Å². The average Bonchev–Trinajstić information content (AvgIpc) is 2.76. The van der Waals surface area contributed by atoms with E-state index in [4.69, 9.17) is 0 Å². The fraction of sp³-hybridized carbons (Fsp3) is 0.667. The average molecular weight is 275 g/mol. The summed E-state index contributed by atoms with van der Waals surface area (Å²) < 4.78 is 28.1. The van der Waals surface area contributed by atoms with Gasteiger partial charge in [0.2, 0.25) is 5.91 Å². The van der Waals surface area contributed by atoms with Crippen LogP contribution in [-0.2, 0) is 16.0 Å². The first kappa shape index (κ1) is 15.6.